The van der Waals surface area contributed by atoms with Gasteiger partial charge in [-0.15, -0.1) is 0 Å². The molecule has 4 aliphatic carbocycles. The summed E-state index contributed by atoms with van der Waals surface area (Å²) in [5.74, 6) is 0.867. The number of imide groups is 1. The number of carbonyl (C=O) groups excluding carboxylic acids is 3. The van der Waals surface area contributed by atoms with Gasteiger partial charge in [-0.2, -0.15) is 0 Å². The van der Waals surface area contributed by atoms with Gasteiger partial charge in [0.25, 0.3) is 0 Å². The number of allylic oxidation sites excluding steroid dienone is 2. The molecule has 134 valence electrons. The van der Waals surface area contributed by atoms with Gasteiger partial charge in [0.15, 0.2) is 0 Å². The first-order valence-electron chi connectivity index (χ1n) is 9.13. The summed E-state index contributed by atoms with van der Waals surface area (Å²) in [6.07, 6.45) is 5.57. The van der Waals surface area contributed by atoms with Gasteiger partial charge in [-0.05, 0) is 54.4 Å². The number of anilines is 1. The molecule has 0 spiro atoms. The quantitative estimate of drug-likeness (QED) is 0.654. The molecule has 1 aromatic carbocycles. The molecule has 3 fully saturated rings. The number of halogens is 1. The smallest absolute Gasteiger partial charge is 0.233 e. The van der Waals surface area contributed by atoms with Gasteiger partial charge in [-0.25, -0.2) is 0 Å². The third-order valence-electron chi connectivity index (χ3n) is 6.44. The molecule has 2 bridgehead atoms. The lowest BCUT2D eigenvalue weighted by Gasteiger charge is -2.37. The molecule has 0 unspecified atom stereocenters. The van der Waals surface area contributed by atoms with E-state index < -0.39 is 0 Å². The second-order valence-electron chi connectivity index (χ2n) is 7.79. The normalized spacial score (nSPS) is 36.1. The molecule has 1 N–H and O–H groups in total. The van der Waals surface area contributed by atoms with E-state index in [9.17, 15) is 14.4 Å². The minimum Gasteiger partial charge on any atom is -0.326 e. The van der Waals surface area contributed by atoms with Crippen LogP contribution in [0.4, 0.5) is 5.69 Å². The molecular weight excluding hydrogens is 352 g/mol. The fourth-order valence-electron chi connectivity index (χ4n) is 5.21. The number of hydrogen-bond donors (Lipinski definition) is 1. The second kappa shape index (κ2) is 5.68. The highest BCUT2D eigenvalue weighted by Gasteiger charge is 2.66. The molecule has 5 nitrogen and oxygen atoms in total. The Morgan fingerprint density at radius 1 is 1.04 bits per heavy atom. The lowest BCUT2D eigenvalue weighted by Crippen LogP contribution is -2.40. The van der Waals surface area contributed by atoms with Gasteiger partial charge < -0.3 is 5.32 Å². The maximum atomic E-state index is 12.8. The fourth-order valence-corrected chi connectivity index (χ4v) is 5.34. The summed E-state index contributed by atoms with van der Waals surface area (Å²) in [6, 6.07) is 6.83. The number of likely N-dealkylation sites (tertiary alicyclic amines) is 1. The van der Waals surface area contributed by atoms with Crippen molar-refractivity contribution in [3.8, 4) is 0 Å². The van der Waals surface area contributed by atoms with Crippen LogP contribution in [0.1, 0.15) is 12.8 Å². The third kappa shape index (κ3) is 2.33. The largest absolute Gasteiger partial charge is 0.326 e. The summed E-state index contributed by atoms with van der Waals surface area (Å²) in [5.41, 5.74) is 0.648. The molecule has 5 aliphatic rings. The van der Waals surface area contributed by atoms with Crippen LogP contribution in [-0.4, -0.2) is 29.2 Å². The number of rotatable bonds is 4. The average Bonchev–Trinajstić information content (AvgIpc) is 3.41. The summed E-state index contributed by atoms with van der Waals surface area (Å²) in [6.45, 7) is 0.152. The minimum absolute atomic E-state index is 0.0796. The van der Waals surface area contributed by atoms with Crippen molar-refractivity contribution < 1.29 is 14.4 Å². The summed E-state index contributed by atoms with van der Waals surface area (Å²) in [4.78, 5) is 39.2. The monoisotopic (exact) mass is 370 g/mol. The van der Waals surface area contributed by atoms with Crippen molar-refractivity contribution in [3.05, 3.63) is 41.4 Å². The van der Waals surface area contributed by atoms with Crippen LogP contribution in [0.5, 0.6) is 0 Å². The topological polar surface area (TPSA) is 66.5 Å². The molecule has 26 heavy (non-hydrogen) atoms. The van der Waals surface area contributed by atoms with Gasteiger partial charge in [0.05, 0.1) is 11.8 Å². The van der Waals surface area contributed by atoms with Gasteiger partial charge in [0.2, 0.25) is 17.7 Å². The van der Waals surface area contributed by atoms with Crippen LogP contribution in [0, 0.1) is 35.5 Å². The highest BCUT2D eigenvalue weighted by molar-refractivity contribution is 6.30. The Bertz CT molecular complexity index is 798. The number of amides is 3. The molecule has 1 saturated heterocycles. The first-order valence-corrected chi connectivity index (χ1v) is 9.51. The number of nitrogens with one attached hydrogen (secondary N) is 1. The first-order chi connectivity index (χ1) is 12.5. The van der Waals surface area contributed by atoms with Crippen LogP contribution < -0.4 is 5.32 Å². The number of hydrogen-bond acceptors (Lipinski definition) is 3. The van der Waals surface area contributed by atoms with Crippen molar-refractivity contribution >= 4 is 35.0 Å². The Kier molecular flexibility index (Phi) is 3.51. The Hall–Kier alpha value is -2.14. The lowest BCUT2D eigenvalue weighted by molar-refractivity contribution is -0.140. The van der Waals surface area contributed by atoms with Crippen LogP contribution in [-0.2, 0) is 14.4 Å². The molecular formula is C20H19ClN2O3. The molecule has 2 saturated carbocycles. The highest BCUT2D eigenvalue weighted by atomic mass is 35.5. The van der Waals surface area contributed by atoms with Crippen LogP contribution >= 0.6 is 11.6 Å². The number of carbonyl (C=O) groups is 3. The maximum Gasteiger partial charge on any atom is 0.233 e. The van der Waals surface area contributed by atoms with Crippen molar-refractivity contribution in [2.45, 2.75) is 12.8 Å². The Balaban J connectivity index is 1.24. The van der Waals surface area contributed by atoms with Gasteiger partial charge in [0, 0.05) is 23.7 Å². The molecule has 6 atom stereocenters. The molecule has 1 aromatic rings. The molecule has 1 aliphatic heterocycles. The van der Waals surface area contributed by atoms with E-state index in [-0.39, 0.29) is 54.4 Å². The number of benzene rings is 1. The second-order valence-corrected chi connectivity index (χ2v) is 8.22. The summed E-state index contributed by atoms with van der Waals surface area (Å²) in [5, 5.41) is 3.37. The zero-order chi connectivity index (χ0) is 18.0. The zero-order valence-electron chi connectivity index (χ0n) is 14.1. The molecule has 0 radical (unpaired) electrons. The van der Waals surface area contributed by atoms with Crippen molar-refractivity contribution in [1.29, 1.82) is 0 Å². The zero-order valence-corrected chi connectivity index (χ0v) is 14.9. The van der Waals surface area contributed by atoms with Gasteiger partial charge in [0.1, 0.15) is 0 Å². The van der Waals surface area contributed by atoms with E-state index in [1.165, 1.54) is 4.90 Å². The first kappa shape index (κ1) is 16.1. The fraction of sp³-hybridized carbons (Fsp3) is 0.450. The van der Waals surface area contributed by atoms with Crippen molar-refractivity contribution in [3.63, 3.8) is 0 Å². The van der Waals surface area contributed by atoms with E-state index in [1.54, 1.807) is 24.3 Å². The average molecular weight is 371 g/mol. The summed E-state index contributed by atoms with van der Waals surface area (Å²) < 4.78 is 0. The van der Waals surface area contributed by atoms with E-state index in [0.29, 0.717) is 22.5 Å². The molecule has 6 rings (SSSR count). The third-order valence-corrected chi connectivity index (χ3v) is 6.70. The van der Waals surface area contributed by atoms with E-state index >= 15 is 0 Å². The molecule has 3 amide bonds. The van der Waals surface area contributed by atoms with Crippen LogP contribution in [0.2, 0.25) is 5.02 Å². The van der Waals surface area contributed by atoms with Crippen molar-refractivity contribution in [2.75, 3.05) is 11.9 Å². The predicted molar refractivity (Wildman–Crippen MR) is 96.1 cm³/mol. The maximum absolute atomic E-state index is 12.8. The highest BCUT2D eigenvalue weighted by Crippen LogP contribution is 2.65. The van der Waals surface area contributed by atoms with Gasteiger partial charge in [-0.1, -0.05) is 23.8 Å². The van der Waals surface area contributed by atoms with Crippen LogP contribution in [0.15, 0.2) is 36.4 Å². The van der Waals surface area contributed by atoms with E-state index in [4.69, 9.17) is 11.6 Å². The molecule has 0 aromatic heterocycles. The van der Waals surface area contributed by atoms with Crippen LogP contribution in [0.25, 0.3) is 0 Å². The summed E-state index contributed by atoms with van der Waals surface area (Å²) in [7, 11) is 0. The van der Waals surface area contributed by atoms with Gasteiger partial charge >= 0.3 is 0 Å². The van der Waals surface area contributed by atoms with Crippen molar-refractivity contribution in [1.82, 2.24) is 4.90 Å². The minimum atomic E-state index is -0.216. The molecule has 1 heterocycles. The van der Waals surface area contributed by atoms with E-state index in [2.05, 4.69) is 17.5 Å². The van der Waals surface area contributed by atoms with E-state index in [0.717, 1.165) is 6.42 Å². The number of nitrogens with zero attached hydrogens (tertiary/aromatic N) is 1. The predicted octanol–water partition coefficient (Wildman–Crippen LogP) is 2.72. The molecule has 6 heteroatoms. The van der Waals surface area contributed by atoms with Crippen LogP contribution in [0.3, 0.4) is 0 Å². The standard InChI is InChI=1S/C20H19ClN2O3/c21-10-1-3-11(4-2-10)22-16(24)7-8-23-19(25)17-12-5-6-13(15-9-14(12)15)18(17)20(23)26/h1-6,12-15,17-18H,7-9H2,(H,22,24)/t12-,13-,14-,15+,17-,18+/m0/s1. The summed E-state index contributed by atoms with van der Waals surface area (Å²) >= 11 is 5.83. The Morgan fingerprint density at radius 2 is 1.62 bits per heavy atom. The van der Waals surface area contributed by atoms with E-state index in [1.807, 2.05) is 0 Å². The SMILES string of the molecule is O=C(CCN1C(=O)[C@@H]2[C@H]3C=C[C@@H]([C@@H]4C[C@H]34)[C@@H]2C1=O)Nc1ccc(Cl)cc1. The van der Waals surface area contributed by atoms with Gasteiger partial charge in [-0.3, -0.25) is 19.3 Å². The Labute approximate surface area is 156 Å². The Morgan fingerprint density at radius 3 is 2.19 bits per heavy atom. The van der Waals surface area contributed by atoms with Crippen molar-refractivity contribution in [2.24, 2.45) is 35.5 Å². The lowest BCUT2D eigenvalue weighted by atomic mass is 9.63.